The van der Waals surface area contributed by atoms with Crippen LogP contribution in [0.3, 0.4) is 0 Å². The lowest BCUT2D eigenvalue weighted by molar-refractivity contribution is -0.146. The smallest absolute Gasteiger partial charge is 0.289 e. The highest BCUT2D eigenvalue weighted by atomic mass is 16.2. The number of rotatable bonds is 13. The van der Waals surface area contributed by atoms with E-state index < -0.39 is 47.1 Å². The standard InChI is InChI=1S/C32H53N5O6/c1-19(2)17-24(37(6)30(42)25(20-11-8-7-9-12-20)36-31(43)32(3,4)5)28(40)35-23(18-21-13-10-16-33-27(21)39)26(38)29(41)34-22-14-15-22/h19-25H,7-18H2,1-6H3,(H,33,39)(H,34,41)(H,35,40)(H,36,43)/t21-,23-,24-,25+/m0/s1. The van der Waals surface area contributed by atoms with Crippen LogP contribution in [0.2, 0.25) is 0 Å². The second-order valence-corrected chi connectivity index (χ2v) is 14.2. The van der Waals surface area contributed by atoms with E-state index in [1.54, 1.807) is 27.8 Å². The summed E-state index contributed by atoms with van der Waals surface area (Å²) < 4.78 is 0. The van der Waals surface area contributed by atoms with E-state index in [-0.39, 0.29) is 42.0 Å². The van der Waals surface area contributed by atoms with Gasteiger partial charge in [0.1, 0.15) is 12.1 Å². The first-order valence-electron chi connectivity index (χ1n) is 16.2. The summed E-state index contributed by atoms with van der Waals surface area (Å²) in [5, 5.41) is 11.3. The van der Waals surface area contributed by atoms with E-state index in [4.69, 9.17) is 0 Å². The molecular weight excluding hydrogens is 550 g/mol. The number of hydrogen-bond acceptors (Lipinski definition) is 6. The predicted molar refractivity (Wildman–Crippen MR) is 162 cm³/mol. The highest BCUT2D eigenvalue weighted by Gasteiger charge is 2.41. The second kappa shape index (κ2) is 15.1. The Morgan fingerprint density at radius 2 is 1.58 bits per heavy atom. The van der Waals surface area contributed by atoms with Crippen molar-refractivity contribution >= 4 is 35.3 Å². The first-order chi connectivity index (χ1) is 20.2. The molecule has 0 spiro atoms. The summed E-state index contributed by atoms with van der Waals surface area (Å²) >= 11 is 0. The molecule has 5 amide bonds. The van der Waals surface area contributed by atoms with E-state index in [1.165, 1.54) is 4.90 Å². The van der Waals surface area contributed by atoms with Gasteiger partial charge in [-0.05, 0) is 63.2 Å². The molecule has 3 fully saturated rings. The minimum absolute atomic E-state index is 0.00684. The lowest BCUT2D eigenvalue weighted by Gasteiger charge is -2.37. The lowest BCUT2D eigenvalue weighted by atomic mass is 9.82. The first-order valence-corrected chi connectivity index (χ1v) is 16.2. The maximum Gasteiger partial charge on any atom is 0.289 e. The molecule has 1 aliphatic heterocycles. The molecule has 0 unspecified atom stereocenters. The van der Waals surface area contributed by atoms with Crippen LogP contribution < -0.4 is 21.3 Å². The van der Waals surface area contributed by atoms with Gasteiger partial charge < -0.3 is 26.2 Å². The Kier molecular flexibility index (Phi) is 12.2. The molecule has 1 saturated heterocycles. The number of hydrogen-bond donors (Lipinski definition) is 4. The third kappa shape index (κ3) is 10.0. The van der Waals surface area contributed by atoms with E-state index in [2.05, 4.69) is 21.3 Å². The molecule has 0 aromatic carbocycles. The molecular formula is C32H53N5O6. The van der Waals surface area contributed by atoms with Crippen LogP contribution in [0.1, 0.15) is 105 Å². The minimum Gasteiger partial charge on any atom is -0.356 e. The van der Waals surface area contributed by atoms with E-state index in [0.29, 0.717) is 19.4 Å². The van der Waals surface area contributed by atoms with E-state index in [0.717, 1.165) is 51.4 Å². The maximum absolute atomic E-state index is 14.1. The summed E-state index contributed by atoms with van der Waals surface area (Å²) in [6, 6.07) is -2.95. The van der Waals surface area contributed by atoms with Crippen LogP contribution in [0.25, 0.3) is 0 Å². The van der Waals surface area contributed by atoms with Crippen LogP contribution in [0, 0.1) is 23.2 Å². The second-order valence-electron chi connectivity index (χ2n) is 14.2. The fourth-order valence-corrected chi connectivity index (χ4v) is 5.95. The van der Waals surface area contributed by atoms with Gasteiger partial charge in [0.05, 0.1) is 6.04 Å². The summed E-state index contributed by atoms with van der Waals surface area (Å²) in [6.07, 6.45) is 7.89. The van der Waals surface area contributed by atoms with Crippen molar-refractivity contribution in [3.05, 3.63) is 0 Å². The molecule has 1 heterocycles. The molecule has 3 aliphatic rings. The summed E-state index contributed by atoms with van der Waals surface area (Å²) in [4.78, 5) is 81.1. The van der Waals surface area contributed by atoms with Gasteiger partial charge in [-0.1, -0.05) is 53.9 Å². The number of carbonyl (C=O) groups excluding carboxylic acids is 6. The van der Waals surface area contributed by atoms with Gasteiger partial charge in [-0.3, -0.25) is 28.8 Å². The quantitative estimate of drug-likeness (QED) is 0.237. The van der Waals surface area contributed by atoms with Crippen molar-refractivity contribution in [1.82, 2.24) is 26.2 Å². The number of carbonyl (C=O) groups is 6. The molecule has 43 heavy (non-hydrogen) atoms. The van der Waals surface area contributed by atoms with Gasteiger partial charge in [0.15, 0.2) is 0 Å². The molecule has 2 aliphatic carbocycles. The van der Waals surface area contributed by atoms with E-state index in [9.17, 15) is 28.8 Å². The van der Waals surface area contributed by atoms with Gasteiger partial charge in [0, 0.05) is 31.0 Å². The highest BCUT2D eigenvalue weighted by Crippen LogP contribution is 2.29. The number of amides is 5. The van der Waals surface area contributed by atoms with Gasteiger partial charge >= 0.3 is 0 Å². The van der Waals surface area contributed by atoms with Crippen LogP contribution in [0.4, 0.5) is 0 Å². The molecule has 2 saturated carbocycles. The molecule has 0 aromatic heterocycles. The largest absolute Gasteiger partial charge is 0.356 e. The summed E-state index contributed by atoms with van der Waals surface area (Å²) in [5.41, 5.74) is -0.694. The fraction of sp³-hybridized carbons (Fsp3) is 0.812. The Labute approximate surface area is 256 Å². The zero-order chi connectivity index (χ0) is 31.9. The SMILES string of the molecule is CC(C)C[C@@H](C(=O)N[C@@H](C[C@@H]1CCCNC1=O)C(=O)C(=O)NC1CC1)N(C)C(=O)[C@H](NC(=O)C(C)(C)C)C1CCCCC1. The third-order valence-electron chi connectivity index (χ3n) is 8.86. The van der Waals surface area contributed by atoms with Gasteiger partial charge in [0.25, 0.3) is 5.91 Å². The molecule has 4 N–H and O–H groups in total. The molecule has 0 aromatic rings. The van der Waals surface area contributed by atoms with Gasteiger partial charge in [-0.25, -0.2) is 0 Å². The average Bonchev–Trinajstić information content (AvgIpc) is 3.77. The number of piperidine rings is 1. The summed E-state index contributed by atoms with van der Waals surface area (Å²) in [5.74, 6) is -3.39. The topological polar surface area (TPSA) is 154 Å². The minimum atomic E-state index is -1.20. The third-order valence-corrected chi connectivity index (χ3v) is 8.86. The number of nitrogens with one attached hydrogen (secondary N) is 4. The van der Waals surface area contributed by atoms with Gasteiger partial charge in [-0.15, -0.1) is 0 Å². The van der Waals surface area contributed by atoms with Crippen molar-refractivity contribution in [3.63, 3.8) is 0 Å². The van der Waals surface area contributed by atoms with Crippen molar-refractivity contribution in [3.8, 4) is 0 Å². The summed E-state index contributed by atoms with van der Waals surface area (Å²) in [7, 11) is 1.57. The van der Waals surface area contributed by atoms with Crippen LogP contribution in [0.15, 0.2) is 0 Å². The van der Waals surface area contributed by atoms with Gasteiger partial charge in [-0.2, -0.15) is 0 Å². The van der Waals surface area contributed by atoms with Crippen molar-refractivity contribution in [2.24, 2.45) is 23.2 Å². The van der Waals surface area contributed by atoms with Crippen molar-refractivity contribution < 1.29 is 28.8 Å². The molecule has 11 heteroatoms. The lowest BCUT2D eigenvalue weighted by Crippen LogP contribution is -2.60. The normalized spacial score (nSPS) is 21.7. The van der Waals surface area contributed by atoms with Crippen LogP contribution in [0.5, 0.6) is 0 Å². The number of ketones is 1. The number of Topliss-reactive ketones (excluding diaryl/α,β-unsaturated/α-hetero) is 1. The Hall–Kier alpha value is -2.98. The van der Waals surface area contributed by atoms with Crippen molar-refractivity contribution in [1.29, 1.82) is 0 Å². The Bertz CT molecular complexity index is 1040. The van der Waals surface area contributed by atoms with Crippen LogP contribution in [-0.2, 0) is 28.8 Å². The molecule has 242 valence electrons. The monoisotopic (exact) mass is 603 g/mol. The van der Waals surface area contributed by atoms with E-state index >= 15 is 0 Å². The molecule has 0 radical (unpaired) electrons. The first kappa shape index (κ1) is 34.5. The Balaban J connectivity index is 1.84. The number of likely N-dealkylation sites (N-methyl/N-ethyl adjacent to an activating group) is 1. The van der Waals surface area contributed by atoms with Crippen molar-refractivity contribution in [2.75, 3.05) is 13.6 Å². The zero-order valence-corrected chi connectivity index (χ0v) is 26.9. The van der Waals surface area contributed by atoms with Gasteiger partial charge in [0.2, 0.25) is 29.4 Å². The number of nitrogens with zero attached hydrogens (tertiary/aromatic N) is 1. The fourth-order valence-electron chi connectivity index (χ4n) is 5.95. The van der Waals surface area contributed by atoms with Crippen molar-refractivity contribution in [2.45, 2.75) is 129 Å². The van der Waals surface area contributed by atoms with E-state index in [1.807, 2.05) is 13.8 Å². The summed E-state index contributed by atoms with van der Waals surface area (Å²) in [6.45, 7) is 9.83. The molecule has 4 atom stereocenters. The predicted octanol–water partition coefficient (Wildman–Crippen LogP) is 2.22. The molecule has 3 rings (SSSR count). The van der Waals surface area contributed by atoms with Crippen LogP contribution in [-0.4, -0.2) is 78.0 Å². The Morgan fingerprint density at radius 1 is 0.930 bits per heavy atom. The van der Waals surface area contributed by atoms with Crippen LogP contribution >= 0.6 is 0 Å². The molecule has 0 bridgehead atoms. The molecule has 11 nitrogen and oxygen atoms in total. The zero-order valence-electron chi connectivity index (χ0n) is 26.9. The maximum atomic E-state index is 14.1. The Morgan fingerprint density at radius 3 is 2.14 bits per heavy atom. The highest BCUT2D eigenvalue weighted by molar-refractivity contribution is 6.38. The average molecular weight is 604 g/mol.